The summed E-state index contributed by atoms with van der Waals surface area (Å²) in [5, 5.41) is 2.86. The van der Waals surface area contributed by atoms with Gasteiger partial charge in [0, 0.05) is 31.8 Å². The zero-order valence-corrected chi connectivity index (χ0v) is 12.4. The molecule has 112 valence electrons. The SMILES string of the molecule is COc1ccc(C(=O)NCCc2cn(C)cn2)cc1OC. The lowest BCUT2D eigenvalue weighted by atomic mass is 10.2. The van der Waals surface area contributed by atoms with Gasteiger partial charge in [-0.1, -0.05) is 0 Å². The van der Waals surface area contributed by atoms with Crippen molar-refractivity contribution in [2.24, 2.45) is 7.05 Å². The summed E-state index contributed by atoms with van der Waals surface area (Å²) in [6, 6.07) is 5.08. The van der Waals surface area contributed by atoms with Gasteiger partial charge in [0.25, 0.3) is 5.91 Å². The van der Waals surface area contributed by atoms with Crippen LogP contribution in [0.5, 0.6) is 11.5 Å². The largest absolute Gasteiger partial charge is 0.493 e. The minimum atomic E-state index is -0.146. The molecule has 1 aromatic heterocycles. The molecule has 0 fully saturated rings. The third kappa shape index (κ3) is 3.75. The molecule has 21 heavy (non-hydrogen) atoms. The van der Waals surface area contributed by atoms with Gasteiger partial charge in [0.1, 0.15) is 0 Å². The normalized spacial score (nSPS) is 10.2. The molecule has 0 aliphatic rings. The van der Waals surface area contributed by atoms with E-state index in [1.54, 1.807) is 38.7 Å². The highest BCUT2D eigenvalue weighted by molar-refractivity contribution is 5.94. The van der Waals surface area contributed by atoms with Crippen LogP contribution < -0.4 is 14.8 Å². The van der Waals surface area contributed by atoms with Crippen LogP contribution in [0.4, 0.5) is 0 Å². The molecule has 0 radical (unpaired) electrons. The summed E-state index contributed by atoms with van der Waals surface area (Å²) < 4.78 is 12.2. The fourth-order valence-electron chi connectivity index (χ4n) is 1.98. The Hall–Kier alpha value is -2.50. The number of aromatic nitrogens is 2. The van der Waals surface area contributed by atoms with Crippen molar-refractivity contribution in [2.45, 2.75) is 6.42 Å². The average Bonchev–Trinajstić information content (AvgIpc) is 2.91. The van der Waals surface area contributed by atoms with E-state index in [2.05, 4.69) is 10.3 Å². The Morgan fingerprint density at radius 1 is 1.29 bits per heavy atom. The maximum absolute atomic E-state index is 12.1. The van der Waals surface area contributed by atoms with Crippen LogP contribution in [0.2, 0.25) is 0 Å². The highest BCUT2D eigenvalue weighted by Gasteiger charge is 2.10. The summed E-state index contributed by atoms with van der Waals surface area (Å²) in [5.74, 6) is 0.990. The lowest BCUT2D eigenvalue weighted by molar-refractivity contribution is 0.0953. The molecule has 0 unspecified atom stereocenters. The first kappa shape index (κ1) is 14.9. The van der Waals surface area contributed by atoms with Crippen molar-refractivity contribution < 1.29 is 14.3 Å². The standard InChI is InChI=1S/C15H19N3O3/c1-18-9-12(17-10-18)6-7-16-15(19)11-4-5-13(20-2)14(8-11)21-3/h4-5,8-10H,6-7H2,1-3H3,(H,16,19). The molecule has 0 aliphatic heterocycles. The summed E-state index contributed by atoms with van der Waals surface area (Å²) in [5.41, 5.74) is 1.48. The van der Waals surface area contributed by atoms with Gasteiger partial charge in [-0.25, -0.2) is 4.98 Å². The summed E-state index contributed by atoms with van der Waals surface area (Å²) in [7, 11) is 5.02. The number of hydrogen-bond acceptors (Lipinski definition) is 4. The van der Waals surface area contributed by atoms with Gasteiger partial charge in [-0.15, -0.1) is 0 Å². The topological polar surface area (TPSA) is 65.4 Å². The van der Waals surface area contributed by atoms with Crippen LogP contribution in [0.25, 0.3) is 0 Å². The third-order valence-corrected chi connectivity index (χ3v) is 3.07. The van der Waals surface area contributed by atoms with Gasteiger partial charge >= 0.3 is 0 Å². The molecule has 2 aromatic rings. The average molecular weight is 289 g/mol. The second kappa shape index (κ2) is 6.78. The number of rotatable bonds is 6. The van der Waals surface area contributed by atoms with Gasteiger partial charge in [-0.3, -0.25) is 4.79 Å². The van der Waals surface area contributed by atoms with Crippen molar-refractivity contribution in [3.63, 3.8) is 0 Å². The number of benzene rings is 1. The van der Waals surface area contributed by atoms with Gasteiger partial charge in [-0.2, -0.15) is 0 Å². The molecule has 0 saturated carbocycles. The van der Waals surface area contributed by atoms with E-state index < -0.39 is 0 Å². The number of carbonyl (C=O) groups excluding carboxylic acids is 1. The van der Waals surface area contributed by atoms with Crippen LogP contribution in [-0.2, 0) is 13.5 Å². The number of imidazole rings is 1. The van der Waals surface area contributed by atoms with E-state index in [0.29, 0.717) is 30.0 Å². The van der Waals surface area contributed by atoms with Gasteiger partial charge in [-0.05, 0) is 18.2 Å². The van der Waals surface area contributed by atoms with Crippen molar-refractivity contribution in [1.29, 1.82) is 0 Å². The Bertz CT molecular complexity index is 622. The summed E-state index contributed by atoms with van der Waals surface area (Å²) in [6.45, 7) is 0.532. The maximum atomic E-state index is 12.1. The van der Waals surface area contributed by atoms with Crippen LogP contribution in [0.3, 0.4) is 0 Å². The van der Waals surface area contributed by atoms with Crippen molar-refractivity contribution in [3.8, 4) is 11.5 Å². The maximum Gasteiger partial charge on any atom is 0.251 e. The zero-order chi connectivity index (χ0) is 15.2. The number of aryl methyl sites for hydroxylation is 1. The molecule has 6 heteroatoms. The Kier molecular flexibility index (Phi) is 4.81. The number of amides is 1. The predicted octanol–water partition coefficient (Wildman–Crippen LogP) is 1.41. The highest BCUT2D eigenvalue weighted by atomic mass is 16.5. The van der Waals surface area contributed by atoms with Crippen LogP contribution >= 0.6 is 0 Å². The van der Waals surface area contributed by atoms with Crippen molar-refractivity contribution >= 4 is 5.91 Å². The van der Waals surface area contributed by atoms with Crippen molar-refractivity contribution in [1.82, 2.24) is 14.9 Å². The quantitative estimate of drug-likeness (QED) is 0.873. The van der Waals surface area contributed by atoms with Crippen molar-refractivity contribution in [3.05, 3.63) is 42.0 Å². The highest BCUT2D eigenvalue weighted by Crippen LogP contribution is 2.27. The number of hydrogen-bond donors (Lipinski definition) is 1. The fraction of sp³-hybridized carbons (Fsp3) is 0.333. The lowest BCUT2D eigenvalue weighted by Crippen LogP contribution is -2.25. The first-order valence-corrected chi connectivity index (χ1v) is 6.61. The van der Waals surface area contributed by atoms with E-state index in [9.17, 15) is 4.79 Å². The summed E-state index contributed by atoms with van der Waals surface area (Å²) in [4.78, 5) is 16.3. The number of nitrogens with one attached hydrogen (secondary N) is 1. The van der Waals surface area contributed by atoms with Crippen LogP contribution in [0.15, 0.2) is 30.7 Å². The van der Waals surface area contributed by atoms with Gasteiger partial charge in [0.05, 0.1) is 26.2 Å². The second-order valence-electron chi connectivity index (χ2n) is 4.61. The number of carbonyl (C=O) groups is 1. The molecule has 6 nitrogen and oxygen atoms in total. The smallest absolute Gasteiger partial charge is 0.251 e. The van der Waals surface area contributed by atoms with Gasteiger partial charge < -0.3 is 19.4 Å². The molecule has 0 spiro atoms. The Morgan fingerprint density at radius 2 is 2.05 bits per heavy atom. The number of ether oxygens (including phenoxy) is 2. The van der Waals surface area contributed by atoms with E-state index in [-0.39, 0.29) is 5.91 Å². The number of methoxy groups -OCH3 is 2. The Balaban J connectivity index is 1.93. The monoisotopic (exact) mass is 289 g/mol. The first-order valence-electron chi connectivity index (χ1n) is 6.61. The molecular weight excluding hydrogens is 270 g/mol. The van der Waals surface area contributed by atoms with Crippen LogP contribution in [0, 0.1) is 0 Å². The van der Waals surface area contributed by atoms with Gasteiger partial charge in [0.2, 0.25) is 0 Å². The lowest BCUT2D eigenvalue weighted by Gasteiger charge is -2.09. The summed E-state index contributed by atoms with van der Waals surface area (Å²) in [6.07, 6.45) is 4.37. The summed E-state index contributed by atoms with van der Waals surface area (Å²) >= 11 is 0. The minimum Gasteiger partial charge on any atom is -0.493 e. The van der Waals surface area contributed by atoms with Crippen LogP contribution in [-0.4, -0.2) is 36.2 Å². The molecule has 2 rings (SSSR count). The molecule has 1 N–H and O–H groups in total. The van der Waals surface area contributed by atoms with Crippen molar-refractivity contribution in [2.75, 3.05) is 20.8 Å². The third-order valence-electron chi connectivity index (χ3n) is 3.07. The van der Waals surface area contributed by atoms with E-state index >= 15 is 0 Å². The fourth-order valence-corrected chi connectivity index (χ4v) is 1.98. The molecule has 1 amide bonds. The second-order valence-corrected chi connectivity index (χ2v) is 4.61. The molecule has 0 bridgehead atoms. The molecule has 1 aromatic carbocycles. The number of nitrogens with zero attached hydrogens (tertiary/aromatic N) is 2. The van der Waals surface area contributed by atoms with E-state index in [0.717, 1.165) is 5.69 Å². The molecular formula is C15H19N3O3. The Morgan fingerprint density at radius 3 is 2.67 bits per heavy atom. The molecule has 0 aliphatic carbocycles. The first-order chi connectivity index (χ1) is 10.1. The van der Waals surface area contributed by atoms with E-state index in [1.165, 1.54) is 0 Å². The Labute approximate surface area is 123 Å². The van der Waals surface area contributed by atoms with Gasteiger partial charge in [0.15, 0.2) is 11.5 Å². The predicted molar refractivity (Wildman–Crippen MR) is 78.8 cm³/mol. The molecule has 0 saturated heterocycles. The zero-order valence-electron chi connectivity index (χ0n) is 12.4. The molecule has 0 atom stereocenters. The van der Waals surface area contributed by atoms with E-state index in [1.807, 2.05) is 17.8 Å². The van der Waals surface area contributed by atoms with Crippen LogP contribution in [0.1, 0.15) is 16.1 Å². The minimum absolute atomic E-state index is 0.146. The van der Waals surface area contributed by atoms with E-state index in [4.69, 9.17) is 9.47 Å². The molecule has 1 heterocycles.